The predicted molar refractivity (Wildman–Crippen MR) is 36.3 cm³/mol. The molecule has 0 aliphatic rings. The van der Waals surface area contributed by atoms with Gasteiger partial charge < -0.3 is 0 Å². The summed E-state index contributed by atoms with van der Waals surface area (Å²) in [6.45, 7) is 0. The number of nitriles is 1. The molecule has 0 saturated carbocycles. The molecule has 0 spiro atoms. The van der Waals surface area contributed by atoms with Crippen molar-refractivity contribution in [2.45, 2.75) is 6.42 Å². The van der Waals surface area contributed by atoms with Gasteiger partial charge in [0.05, 0.1) is 6.07 Å². The van der Waals surface area contributed by atoms with Gasteiger partial charge in [-0.2, -0.15) is 5.26 Å². The second-order valence-electron chi connectivity index (χ2n) is 0.875. The Kier molecular flexibility index (Phi) is 5.87. The molecule has 0 aliphatic heterocycles. The van der Waals surface area contributed by atoms with E-state index >= 15 is 0 Å². The summed E-state index contributed by atoms with van der Waals surface area (Å²) >= 11 is 5.99. The van der Waals surface area contributed by atoms with Crippen LogP contribution in [0.3, 0.4) is 0 Å². The van der Waals surface area contributed by atoms with E-state index in [9.17, 15) is 0 Å². The van der Waals surface area contributed by atoms with Crippen LogP contribution in [0.25, 0.3) is 0 Å². The molecule has 1 nitrogen and oxygen atoms in total. The lowest BCUT2D eigenvalue weighted by Crippen LogP contribution is -1.70. The molecule has 0 aromatic rings. The summed E-state index contributed by atoms with van der Waals surface area (Å²) in [5.41, 5.74) is 0. The fraction of sp³-hybridized carbons (Fsp3) is 0.500. The third-order valence-electron chi connectivity index (χ3n) is 0.400. The van der Waals surface area contributed by atoms with Crippen LogP contribution in [0.2, 0.25) is 0 Å². The number of nitrogens with zero attached hydrogens (tertiary/aromatic N) is 1. The maximum Gasteiger partial charge on any atom is 0.0630 e. The Morgan fingerprint density at radius 2 is 2.57 bits per heavy atom. The lowest BCUT2D eigenvalue weighted by Gasteiger charge is -1.79. The van der Waals surface area contributed by atoms with Crippen LogP contribution in [0.15, 0.2) is 0 Å². The first-order valence-corrected chi connectivity index (χ1v) is 3.36. The van der Waals surface area contributed by atoms with E-state index in [0.717, 1.165) is 5.75 Å². The minimum atomic E-state index is 0.595. The Hall–Kier alpha value is -0.0700. The Morgan fingerprint density at radius 1 is 1.86 bits per heavy atom. The zero-order valence-electron chi connectivity index (χ0n) is 3.76. The van der Waals surface area contributed by atoms with Gasteiger partial charge in [-0.05, 0) is 0 Å². The monoisotopic (exact) mass is 131 g/mol. The number of hydrogen-bond acceptors (Lipinski definition) is 3. The van der Waals surface area contributed by atoms with Gasteiger partial charge in [0.1, 0.15) is 0 Å². The summed E-state index contributed by atoms with van der Waals surface area (Å²) in [6.07, 6.45) is 0.595. The van der Waals surface area contributed by atoms with Gasteiger partial charge in [-0.25, -0.2) is 0 Å². The molecule has 0 aromatic carbocycles. The van der Waals surface area contributed by atoms with Gasteiger partial charge in [-0.1, -0.05) is 12.2 Å². The minimum Gasteiger partial charge on any atom is -0.198 e. The highest BCUT2D eigenvalue weighted by atomic mass is 32.2. The van der Waals surface area contributed by atoms with Crippen molar-refractivity contribution in [3.05, 3.63) is 0 Å². The average Bonchev–Trinajstić information content (AvgIpc) is 1.69. The van der Waals surface area contributed by atoms with E-state index in [4.69, 9.17) is 5.26 Å². The molecule has 0 heterocycles. The molecule has 3 heteroatoms. The van der Waals surface area contributed by atoms with Gasteiger partial charge in [0.15, 0.2) is 0 Å². The molecule has 38 valence electrons. The van der Waals surface area contributed by atoms with Gasteiger partial charge in [0.25, 0.3) is 0 Å². The Labute approximate surface area is 52.7 Å². The molecule has 0 amide bonds. The number of thiocarbonyl (C=S) groups is 1. The molecule has 0 unspecified atom stereocenters. The second kappa shape index (κ2) is 5.93. The first-order chi connectivity index (χ1) is 3.41. The molecule has 0 atom stereocenters. The minimum absolute atomic E-state index is 0.595. The van der Waals surface area contributed by atoms with Crippen LogP contribution in [0.5, 0.6) is 0 Å². The van der Waals surface area contributed by atoms with Crippen LogP contribution in [0.1, 0.15) is 6.42 Å². The average molecular weight is 131 g/mol. The van der Waals surface area contributed by atoms with E-state index in [0.29, 0.717) is 6.42 Å². The lowest BCUT2D eigenvalue weighted by atomic mass is 10.6. The predicted octanol–water partition coefficient (Wildman–Crippen LogP) is 1.59. The van der Waals surface area contributed by atoms with Crippen LogP contribution >= 0.6 is 24.0 Å². The molecule has 0 saturated heterocycles. The van der Waals surface area contributed by atoms with Crippen molar-refractivity contribution in [2.75, 3.05) is 5.75 Å². The van der Waals surface area contributed by atoms with Crippen LogP contribution in [-0.4, -0.2) is 10.5 Å². The highest BCUT2D eigenvalue weighted by molar-refractivity contribution is 8.20. The van der Waals surface area contributed by atoms with Gasteiger partial charge in [-0.15, -0.1) is 11.8 Å². The van der Waals surface area contributed by atoms with Crippen LogP contribution < -0.4 is 0 Å². The largest absolute Gasteiger partial charge is 0.198 e. The number of hydrogen-bond donors (Lipinski definition) is 0. The van der Waals surface area contributed by atoms with Crippen molar-refractivity contribution in [1.29, 1.82) is 5.26 Å². The molecule has 0 radical (unpaired) electrons. The summed E-state index contributed by atoms with van der Waals surface area (Å²) < 4.78 is 1.58. The molecule has 0 aliphatic carbocycles. The van der Waals surface area contributed by atoms with Crippen LogP contribution in [-0.2, 0) is 0 Å². The van der Waals surface area contributed by atoms with Gasteiger partial charge in [0, 0.05) is 16.9 Å². The van der Waals surface area contributed by atoms with E-state index in [1.165, 1.54) is 11.8 Å². The molecular formula is C4H5NS2. The molecule has 0 N–H and O–H groups in total. The summed E-state index contributed by atoms with van der Waals surface area (Å²) in [7, 11) is 0. The highest BCUT2D eigenvalue weighted by Gasteiger charge is 1.77. The van der Waals surface area contributed by atoms with Gasteiger partial charge in [0.2, 0.25) is 0 Å². The van der Waals surface area contributed by atoms with E-state index in [1.807, 2.05) is 6.07 Å². The summed E-state index contributed by atoms with van der Waals surface area (Å²) in [5, 5.41) is 7.98. The van der Waals surface area contributed by atoms with Gasteiger partial charge in [-0.3, -0.25) is 0 Å². The fourth-order valence-electron chi connectivity index (χ4n) is 0.153. The lowest BCUT2D eigenvalue weighted by molar-refractivity contribution is 1.25. The maximum absolute atomic E-state index is 7.98. The van der Waals surface area contributed by atoms with Crippen LogP contribution in [0, 0.1) is 11.3 Å². The van der Waals surface area contributed by atoms with Crippen molar-refractivity contribution in [3.8, 4) is 6.07 Å². The number of thioether (sulfide) groups is 1. The normalized spacial score (nSPS) is 7.29. The van der Waals surface area contributed by atoms with Crippen molar-refractivity contribution in [2.24, 2.45) is 0 Å². The summed E-state index contributed by atoms with van der Waals surface area (Å²) in [4.78, 5) is 0. The van der Waals surface area contributed by atoms with E-state index in [1.54, 1.807) is 4.70 Å². The van der Waals surface area contributed by atoms with Crippen molar-refractivity contribution >= 4 is 28.7 Å². The molecule has 7 heavy (non-hydrogen) atoms. The molecular weight excluding hydrogens is 126 g/mol. The standard InChI is InChI=1S/C4H5NS2/c5-2-1-3-7-4-6/h4H,1,3H2. The van der Waals surface area contributed by atoms with E-state index in [2.05, 4.69) is 12.2 Å². The Balaban J connectivity index is 2.72. The van der Waals surface area contributed by atoms with E-state index in [-0.39, 0.29) is 0 Å². The maximum atomic E-state index is 7.98. The second-order valence-corrected chi connectivity index (χ2v) is 2.39. The highest BCUT2D eigenvalue weighted by Crippen LogP contribution is 1.95. The smallest absolute Gasteiger partial charge is 0.0630 e. The Morgan fingerprint density at radius 3 is 3.00 bits per heavy atom. The zero-order valence-corrected chi connectivity index (χ0v) is 5.39. The Bertz CT molecular complexity index is 84.2. The molecule has 0 bridgehead atoms. The van der Waals surface area contributed by atoms with Crippen LogP contribution in [0.4, 0.5) is 0 Å². The third kappa shape index (κ3) is 5.93. The third-order valence-corrected chi connectivity index (χ3v) is 1.38. The summed E-state index contributed by atoms with van der Waals surface area (Å²) in [5.74, 6) is 0.833. The van der Waals surface area contributed by atoms with Crippen molar-refractivity contribution in [1.82, 2.24) is 0 Å². The molecule has 0 fully saturated rings. The summed E-state index contributed by atoms with van der Waals surface area (Å²) in [6, 6.07) is 2.02. The molecule has 0 rings (SSSR count). The molecule has 0 aromatic heterocycles. The topological polar surface area (TPSA) is 23.8 Å². The fourth-order valence-corrected chi connectivity index (χ4v) is 0.747. The van der Waals surface area contributed by atoms with Crippen molar-refractivity contribution < 1.29 is 0 Å². The van der Waals surface area contributed by atoms with Crippen molar-refractivity contribution in [3.63, 3.8) is 0 Å². The quantitative estimate of drug-likeness (QED) is 0.429. The SMILES string of the molecule is N#CCCSC=S. The first-order valence-electron chi connectivity index (χ1n) is 1.84. The zero-order chi connectivity index (χ0) is 5.54. The van der Waals surface area contributed by atoms with E-state index < -0.39 is 0 Å². The van der Waals surface area contributed by atoms with Gasteiger partial charge >= 0.3 is 0 Å². The first kappa shape index (κ1) is 6.93. The number of rotatable bonds is 3.